The van der Waals surface area contributed by atoms with E-state index in [9.17, 15) is 9.90 Å². The van der Waals surface area contributed by atoms with Gasteiger partial charge in [0.05, 0.1) is 12.6 Å². The Bertz CT molecular complexity index is 283. The van der Waals surface area contributed by atoms with Gasteiger partial charge in [-0.2, -0.15) is 0 Å². The third-order valence-corrected chi connectivity index (χ3v) is 4.65. The van der Waals surface area contributed by atoms with E-state index in [1.54, 1.807) is 0 Å². The minimum absolute atomic E-state index is 0.0408. The maximum absolute atomic E-state index is 12.7. The average Bonchev–Trinajstić information content (AvgIpc) is 2.74. The van der Waals surface area contributed by atoms with Crippen molar-refractivity contribution in [2.24, 2.45) is 17.6 Å². The molecule has 4 heteroatoms. The number of hydrogen-bond acceptors (Lipinski definition) is 3. The van der Waals surface area contributed by atoms with Crippen LogP contribution in [-0.2, 0) is 4.79 Å². The summed E-state index contributed by atoms with van der Waals surface area (Å²) in [7, 11) is 0. The number of hydrogen-bond donors (Lipinski definition) is 2. The van der Waals surface area contributed by atoms with Gasteiger partial charge in [0.15, 0.2) is 0 Å². The van der Waals surface area contributed by atoms with E-state index >= 15 is 0 Å². The van der Waals surface area contributed by atoms with Crippen molar-refractivity contribution >= 4 is 5.91 Å². The van der Waals surface area contributed by atoms with E-state index in [4.69, 9.17) is 5.73 Å². The molecule has 4 nitrogen and oxygen atoms in total. The van der Waals surface area contributed by atoms with Crippen LogP contribution in [0.3, 0.4) is 0 Å². The summed E-state index contributed by atoms with van der Waals surface area (Å²) in [5, 5.41) is 9.48. The summed E-state index contributed by atoms with van der Waals surface area (Å²) in [6.45, 7) is 1.54. The number of likely N-dealkylation sites (tertiary alicyclic amines) is 1. The second kappa shape index (κ2) is 6.53. The van der Waals surface area contributed by atoms with E-state index in [2.05, 4.69) is 0 Å². The van der Waals surface area contributed by atoms with Crippen molar-refractivity contribution in [3.8, 4) is 0 Å². The summed E-state index contributed by atoms with van der Waals surface area (Å²) in [5.41, 5.74) is 5.77. The zero-order chi connectivity index (χ0) is 13.0. The molecule has 0 aromatic carbocycles. The highest BCUT2D eigenvalue weighted by atomic mass is 16.3. The normalized spacial score (nSPS) is 33.4. The molecule has 2 aliphatic rings. The molecule has 3 unspecified atom stereocenters. The van der Waals surface area contributed by atoms with Gasteiger partial charge in [-0.05, 0) is 38.1 Å². The van der Waals surface area contributed by atoms with Crippen LogP contribution in [0, 0.1) is 11.8 Å². The molecule has 1 amide bonds. The number of nitrogens with two attached hydrogens (primary N) is 1. The average molecular weight is 254 g/mol. The summed E-state index contributed by atoms with van der Waals surface area (Å²) in [6, 6.07) is 0.0408. The SMILES string of the molecule is NCC1CCCC1C(=O)N1CCCCCC1CO. The van der Waals surface area contributed by atoms with Crippen LogP contribution in [0.5, 0.6) is 0 Å². The third-order valence-electron chi connectivity index (χ3n) is 4.65. The molecule has 2 rings (SSSR count). The van der Waals surface area contributed by atoms with Gasteiger partial charge in [-0.3, -0.25) is 4.79 Å². The van der Waals surface area contributed by atoms with Gasteiger partial charge < -0.3 is 15.7 Å². The Balaban J connectivity index is 2.05. The third kappa shape index (κ3) is 2.86. The number of amides is 1. The van der Waals surface area contributed by atoms with E-state index in [1.807, 2.05) is 4.90 Å². The van der Waals surface area contributed by atoms with E-state index in [0.717, 1.165) is 45.1 Å². The lowest BCUT2D eigenvalue weighted by molar-refractivity contribution is -0.139. The van der Waals surface area contributed by atoms with Crippen LogP contribution in [0.1, 0.15) is 44.9 Å². The minimum Gasteiger partial charge on any atom is -0.394 e. The smallest absolute Gasteiger partial charge is 0.226 e. The lowest BCUT2D eigenvalue weighted by atomic mass is 9.94. The Morgan fingerprint density at radius 2 is 2.00 bits per heavy atom. The van der Waals surface area contributed by atoms with Crippen LogP contribution in [0.2, 0.25) is 0 Å². The maximum atomic E-state index is 12.7. The van der Waals surface area contributed by atoms with Crippen molar-refractivity contribution in [3.63, 3.8) is 0 Å². The van der Waals surface area contributed by atoms with Gasteiger partial charge in [-0.25, -0.2) is 0 Å². The van der Waals surface area contributed by atoms with Gasteiger partial charge in [-0.1, -0.05) is 19.3 Å². The van der Waals surface area contributed by atoms with Crippen molar-refractivity contribution in [2.75, 3.05) is 19.7 Å². The molecule has 1 saturated carbocycles. The predicted molar refractivity (Wildman–Crippen MR) is 70.9 cm³/mol. The Morgan fingerprint density at radius 1 is 1.17 bits per heavy atom. The molecule has 3 N–H and O–H groups in total. The molecule has 3 atom stereocenters. The highest BCUT2D eigenvalue weighted by Gasteiger charge is 2.37. The fourth-order valence-corrected chi connectivity index (χ4v) is 3.51. The number of carbonyl (C=O) groups excluding carboxylic acids is 1. The van der Waals surface area contributed by atoms with Crippen LogP contribution in [0.25, 0.3) is 0 Å². The van der Waals surface area contributed by atoms with Crippen molar-refractivity contribution in [1.82, 2.24) is 4.90 Å². The lowest BCUT2D eigenvalue weighted by Crippen LogP contribution is -2.46. The molecule has 2 fully saturated rings. The second-order valence-electron chi connectivity index (χ2n) is 5.75. The van der Waals surface area contributed by atoms with Crippen LogP contribution in [0.4, 0.5) is 0 Å². The van der Waals surface area contributed by atoms with Crippen molar-refractivity contribution < 1.29 is 9.90 Å². The molecule has 1 saturated heterocycles. The molecule has 18 heavy (non-hydrogen) atoms. The Kier molecular flexibility index (Phi) is 5.01. The molecule has 0 radical (unpaired) electrons. The first-order valence-corrected chi connectivity index (χ1v) is 7.39. The first-order chi connectivity index (χ1) is 8.77. The first kappa shape index (κ1) is 13.8. The zero-order valence-corrected chi connectivity index (χ0v) is 11.2. The fraction of sp³-hybridized carbons (Fsp3) is 0.929. The molecule has 0 bridgehead atoms. The first-order valence-electron chi connectivity index (χ1n) is 7.39. The zero-order valence-electron chi connectivity index (χ0n) is 11.2. The van der Waals surface area contributed by atoms with Crippen LogP contribution in [0.15, 0.2) is 0 Å². The number of aliphatic hydroxyl groups is 1. The van der Waals surface area contributed by atoms with E-state index in [-0.39, 0.29) is 24.5 Å². The molecule has 1 heterocycles. The topological polar surface area (TPSA) is 66.6 Å². The fourth-order valence-electron chi connectivity index (χ4n) is 3.51. The lowest BCUT2D eigenvalue weighted by Gasteiger charge is -2.32. The highest BCUT2D eigenvalue weighted by molar-refractivity contribution is 5.80. The Labute approximate surface area is 110 Å². The molecular weight excluding hydrogens is 228 g/mol. The summed E-state index contributed by atoms with van der Waals surface area (Å²) >= 11 is 0. The quantitative estimate of drug-likeness (QED) is 0.793. The largest absolute Gasteiger partial charge is 0.394 e. The molecule has 0 spiro atoms. The number of rotatable bonds is 3. The minimum atomic E-state index is 0.0408. The van der Waals surface area contributed by atoms with Gasteiger partial charge in [0.2, 0.25) is 5.91 Å². The van der Waals surface area contributed by atoms with Crippen molar-refractivity contribution in [2.45, 2.75) is 51.0 Å². The van der Waals surface area contributed by atoms with E-state index < -0.39 is 0 Å². The molecular formula is C14H26N2O2. The summed E-state index contributed by atoms with van der Waals surface area (Å²) in [4.78, 5) is 14.6. The van der Waals surface area contributed by atoms with Crippen LogP contribution in [-0.4, -0.2) is 41.7 Å². The van der Waals surface area contributed by atoms with Gasteiger partial charge in [0, 0.05) is 12.5 Å². The summed E-state index contributed by atoms with van der Waals surface area (Å²) in [6.07, 6.45) is 7.51. The molecule has 0 aromatic heterocycles. The van der Waals surface area contributed by atoms with Gasteiger partial charge in [0.25, 0.3) is 0 Å². The highest BCUT2D eigenvalue weighted by Crippen LogP contribution is 2.33. The maximum Gasteiger partial charge on any atom is 0.226 e. The molecule has 0 aromatic rings. The van der Waals surface area contributed by atoms with Gasteiger partial charge >= 0.3 is 0 Å². The molecule has 1 aliphatic heterocycles. The Hall–Kier alpha value is -0.610. The number of carbonyl (C=O) groups is 1. The number of nitrogens with zero attached hydrogens (tertiary/aromatic N) is 1. The number of aliphatic hydroxyl groups excluding tert-OH is 1. The molecule has 1 aliphatic carbocycles. The van der Waals surface area contributed by atoms with Crippen LogP contribution < -0.4 is 5.73 Å². The Morgan fingerprint density at radius 3 is 2.72 bits per heavy atom. The second-order valence-corrected chi connectivity index (χ2v) is 5.75. The summed E-state index contributed by atoms with van der Waals surface area (Å²) in [5.74, 6) is 0.728. The van der Waals surface area contributed by atoms with Gasteiger partial charge in [0.1, 0.15) is 0 Å². The van der Waals surface area contributed by atoms with Gasteiger partial charge in [-0.15, -0.1) is 0 Å². The molecule has 104 valence electrons. The monoisotopic (exact) mass is 254 g/mol. The predicted octanol–water partition coefficient (Wildman–Crippen LogP) is 1.12. The van der Waals surface area contributed by atoms with E-state index in [1.165, 1.54) is 6.42 Å². The summed E-state index contributed by atoms with van der Waals surface area (Å²) < 4.78 is 0. The van der Waals surface area contributed by atoms with Crippen molar-refractivity contribution in [3.05, 3.63) is 0 Å². The standard InChI is InChI=1S/C14H26N2O2/c15-9-11-5-4-7-13(11)14(18)16-8-3-1-2-6-12(16)10-17/h11-13,17H,1-10,15H2. The van der Waals surface area contributed by atoms with Crippen LogP contribution >= 0.6 is 0 Å². The van der Waals surface area contributed by atoms with E-state index in [0.29, 0.717) is 12.5 Å². The van der Waals surface area contributed by atoms with Crippen molar-refractivity contribution in [1.29, 1.82) is 0 Å².